The highest BCUT2D eigenvalue weighted by Crippen LogP contribution is 2.43. The van der Waals surface area contributed by atoms with Crippen LogP contribution in [-0.4, -0.2) is 40.9 Å². The molecule has 2 aromatic heterocycles. The number of aromatic nitrogens is 1. The Morgan fingerprint density at radius 2 is 1.88 bits per heavy atom. The third kappa shape index (κ3) is 3.69. The molecule has 8 nitrogen and oxygen atoms in total. The van der Waals surface area contributed by atoms with Gasteiger partial charge in [0, 0.05) is 25.0 Å². The number of hydrogen-bond acceptors (Lipinski definition) is 7. The van der Waals surface area contributed by atoms with Gasteiger partial charge in [-0.15, -0.1) is 0 Å². The molecule has 1 N–H and O–H groups in total. The number of furan rings is 1. The zero-order valence-corrected chi connectivity index (χ0v) is 18.0. The second-order valence-electron chi connectivity index (χ2n) is 6.98. The normalized spacial score (nSPS) is 17.6. The van der Waals surface area contributed by atoms with Crippen molar-refractivity contribution >= 4 is 29.1 Å². The molecule has 1 saturated heterocycles. The standard InChI is InChI=1S/C23H19ClN2O6/c1-30-17-11-18(31-2)15(24)10-14(17)21(27)19-20(16-4-3-9-32-16)26(23(29)22(19)28)12-13-5-7-25-8-6-13/h3-11,20,27H,12H2,1-2H3/b21-19-. The van der Waals surface area contributed by atoms with Crippen molar-refractivity contribution < 1.29 is 28.6 Å². The van der Waals surface area contributed by atoms with Gasteiger partial charge in [-0.05, 0) is 35.9 Å². The first-order chi connectivity index (χ1) is 15.5. The smallest absolute Gasteiger partial charge is 0.296 e. The molecule has 0 aliphatic carbocycles. The lowest BCUT2D eigenvalue weighted by atomic mass is 9.98. The van der Waals surface area contributed by atoms with Crippen molar-refractivity contribution in [2.24, 2.45) is 0 Å². The maximum Gasteiger partial charge on any atom is 0.296 e. The van der Waals surface area contributed by atoms with E-state index in [0.717, 1.165) is 5.56 Å². The molecule has 1 amide bonds. The minimum absolute atomic E-state index is 0.121. The number of rotatable bonds is 6. The van der Waals surface area contributed by atoms with E-state index in [1.165, 1.54) is 37.5 Å². The lowest BCUT2D eigenvalue weighted by Gasteiger charge is -2.23. The van der Waals surface area contributed by atoms with Gasteiger partial charge in [-0.3, -0.25) is 14.6 Å². The van der Waals surface area contributed by atoms with Crippen molar-refractivity contribution in [1.29, 1.82) is 0 Å². The molecule has 0 spiro atoms. The number of pyridine rings is 1. The van der Waals surface area contributed by atoms with Crippen molar-refractivity contribution in [1.82, 2.24) is 9.88 Å². The van der Waals surface area contributed by atoms with Crippen LogP contribution in [0.3, 0.4) is 0 Å². The SMILES string of the molecule is COc1cc(OC)c(/C(O)=C2/C(=O)C(=O)N(Cc3ccncc3)C2c2ccco2)cc1Cl. The van der Waals surface area contributed by atoms with Crippen LogP contribution in [0.25, 0.3) is 5.76 Å². The van der Waals surface area contributed by atoms with Crippen LogP contribution in [0, 0.1) is 0 Å². The van der Waals surface area contributed by atoms with Crippen LogP contribution >= 0.6 is 11.6 Å². The Morgan fingerprint density at radius 3 is 2.50 bits per heavy atom. The third-order valence-electron chi connectivity index (χ3n) is 5.18. The lowest BCUT2D eigenvalue weighted by Crippen LogP contribution is -2.29. The van der Waals surface area contributed by atoms with Crippen molar-refractivity contribution in [3.8, 4) is 11.5 Å². The maximum atomic E-state index is 13.1. The number of carbonyl (C=O) groups is 2. The highest BCUT2D eigenvalue weighted by atomic mass is 35.5. The monoisotopic (exact) mass is 454 g/mol. The van der Waals surface area contributed by atoms with E-state index < -0.39 is 23.5 Å². The minimum atomic E-state index is -0.941. The number of aliphatic hydroxyl groups is 1. The summed E-state index contributed by atoms with van der Waals surface area (Å²) in [6, 6.07) is 8.74. The summed E-state index contributed by atoms with van der Waals surface area (Å²) in [5, 5.41) is 11.4. The van der Waals surface area contributed by atoms with Gasteiger partial charge in [-0.25, -0.2) is 0 Å². The van der Waals surface area contributed by atoms with Crippen LogP contribution < -0.4 is 9.47 Å². The molecular weight excluding hydrogens is 436 g/mol. The number of likely N-dealkylation sites (tertiary alicyclic amines) is 1. The van der Waals surface area contributed by atoms with E-state index in [4.69, 9.17) is 25.5 Å². The van der Waals surface area contributed by atoms with Gasteiger partial charge in [0.05, 0.1) is 36.6 Å². The van der Waals surface area contributed by atoms with E-state index in [0.29, 0.717) is 11.5 Å². The Morgan fingerprint density at radius 1 is 1.16 bits per heavy atom. The summed E-state index contributed by atoms with van der Waals surface area (Å²) in [6.07, 6.45) is 4.63. The van der Waals surface area contributed by atoms with Crippen molar-refractivity contribution in [2.45, 2.75) is 12.6 Å². The minimum Gasteiger partial charge on any atom is -0.507 e. The second kappa shape index (κ2) is 8.76. The Kier molecular flexibility index (Phi) is 5.87. The average molecular weight is 455 g/mol. The van der Waals surface area contributed by atoms with Crippen molar-refractivity contribution in [3.05, 3.63) is 82.5 Å². The molecule has 3 aromatic rings. The predicted octanol–water partition coefficient (Wildman–Crippen LogP) is 3.97. The number of aliphatic hydroxyl groups excluding tert-OH is 1. The van der Waals surface area contributed by atoms with Gasteiger partial charge in [-0.2, -0.15) is 0 Å². The first kappa shape index (κ1) is 21.5. The van der Waals surface area contributed by atoms with E-state index in [9.17, 15) is 14.7 Å². The Bertz CT molecular complexity index is 1190. The average Bonchev–Trinajstić information content (AvgIpc) is 3.42. The quantitative estimate of drug-likeness (QED) is 0.341. The number of nitrogens with zero attached hydrogens (tertiary/aromatic N) is 2. The number of halogens is 1. The predicted molar refractivity (Wildman–Crippen MR) is 115 cm³/mol. The van der Waals surface area contributed by atoms with Crippen LogP contribution in [0.1, 0.15) is 22.9 Å². The van der Waals surface area contributed by atoms with E-state index in [1.54, 1.807) is 36.7 Å². The van der Waals surface area contributed by atoms with Crippen LogP contribution in [-0.2, 0) is 16.1 Å². The molecule has 0 saturated carbocycles. The number of ether oxygens (including phenoxy) is 2. The third-order valence-corrected chi connectivity index (χ3v) is 5.48. The molecule has 32 heavy (non-hydrogen) atoms. The van der Waals surface area contributed by atoms with E-state index >= 15 is 0 Å². The van der Waals surface area contributed by atoms with Crippen LogP contribution in [0.15, 0.2) is 65.0 Å². The first-order valence-corrected chi connectivity index (χ1v) is 9.96. The summed E-state index contributed by atoms with van der Waals surface area (Å²) in [5.41, 5.74) is 0.791. The molecule has 1 fully saturated rings. The fourth-order valence-corrected chi connectivity index (χ4v) is 3.90. The molecule has 1 aliphatic rings. The lowest BCUT2D eigenvalue weighted by molar-refractivity contribution is -0.140. The van der Waals surface area contributed by atoms with Gasteiger partial charge in [-0.1, -0.05) is 11.6 Å². The van der Waals surface area contributed by atoms with Crippen molar-refractivity contribution in [2.75, 3.05) is 14.2 Å². The molecule has 1 atom stereocenters. The zero-order valence-electron chi connectivity index (χ0n) is 17.2. The molecule has 0 bridgehead atoms. The van der Waals surface area contributed by atoms with Crippen molar-refractivity contribution in [3.63, 3.8) is 0 Å². The molecule has 0 radical (unpaired) electrons. The van der Waals surface area contributed by atoms with Gasteiger partial charge < -0.3 is 23.9 Å². The second-order valence-corrected chi connectivity index (χ2v) is 7.39. The first-order valence-electron chi connectivity index (χ1n) is 9.58. The van der Waals surface area contributed by atoms with Gasteiger partial charge in [0.2, 0.25) is 0 Å². The topological polar surface area (TPSA) is 102 Å². The summed E-state index contributed by atoms with van der Waals surface area (Å²) in [4.78, 5) is 31.4. The van der Waals surface area contributed by atoms with Crippen LogP contribution in [0.5, 0.6) is 11.5 Å². The number of carbonyl (C=O) groups excluding carboxylic acids is 2. The highest BCUT2D eigenvalue weighted by Gasteiger charge is 2.47. The Balaban J connectivity index is 1.88. The molecule has 4 rings (SSSR count). The molecular formula is C23H19ClN2O6. The maximum absolute atomic E-state index is 13.1. The number of ketones is 1. The van der Waals surface area contributed by atoms with E-state index in [1.807, 2.05) is 0 Å². The van der Waals surface area contributed by atoms with Gasteiger partial charge in [0.15, 0.2) is 0 Å². The summed E-state index contributed by atoms with van der Waals surface area (Å²) >= 11 is 6.25. The Hall–Kier alpha value is -3.78. The molecule has 164 valence electrons. The summed E-state index contributed by atoms with van der Waals surface area (Å²) in [7, 11) is 2.85. The Labute approximate surface area is 188 Å². The number of amides is 1. The number of hydrogen-bond donors (Lipinski definition) is 1. The summed E-state index contributed by atoms with van der Waals surface area (Å²) in [5.74, 6) is -1.14. The number of methoxy groups -OCH3 is 2. The molecule has 9 heteroatoms. The number of Topliss-reactive ketones (excluding diaryl/α,β-unsaturated/α-hetero) is 1. The molecule has 3 heterocycles. The molecule has 1 unspecified atom stereocenters. The summed E-state index contributed by atoms with van der Waals surface area (Å²) < 4.78 is 16.1. The fraction of sp³-hybridized carbons (Fsp3) is 0.174. The molecule has 1 aromatic carbocycles. The van der Waals surface area contributed by atoms with E-state index in [-0.39, 0.29) is 28.5 Å². The molecule has 1 aliphatic heterocycles. The largest absolute Gasteiger partial charge is 0.507 e. The van der Waals surface area contributed by atoms with Gasteiger partial charge in [0.25, 0.3) is 11.7 Å². The van der Waals surface area contributed by atoms with Crippen LogP contribution in [0.4, 0.5) is 0 Å². The van der Waals surface area contributed by atoms with Gasteiger partial charge in [0.1, 0.15) is 29.1 Å². The summed E-state index contributed by atoms with van der Waals surface area (Å²) in [6.45, 7) is 0.121. The zero-order chi connectivity index (χ0) is 22.8. The highest BCUT2D eigenvalue weighted by molar-refractivity contribution is 6.46. The van der Waals surface area contributed by atoms with Gasteiger partial charge >= 0.3 is 0 Å². The fourth-order valence-electron chi connectivity index (χ4n) is 3.66. The number of benzene rings is 1. The van der Waals surface area contributed by atoms with E-state index in [2.05, 4.69) is 4.98 Å². The van der Waals surface area contributed by atoms with Crippen LogP contribution in [0.2, 0.25) is 5.02 Å².